The van der Waals surface area contributed by atoms with Crippen molar-refractivity contribution in [1.82, 2.24) is 15.1 Å². The fraction of sp³-hybridized carbons (Fsp3) is 0.474. The lowest BCUT2D eigenvalue weighted by atomic mass is 10.0. The summed E-state index contributed by atoms with van der Waals surface area (Å²) in [6.07, 6.45) is 1.44. The van der Waals surface area contributed by atoms with Gasteiger partial charge in [0, 0.05) is 26.1 Å². The maximum atomic E-state index is 12.8. The Kier molecular flexibility index (Phi) is 7.21. The number of nitrogens with zero attached hydrogens (tertiary/aromatic N) is 2. The van der Waals surface area contributed by atoms with Crippen LogP contribution in [0.1, 0.15) is 19.8 Å². The Morgan fingerprint density at radius 3 is 2.28 bits per heavy atom. The second kappa shape index (κ2) is 9.23. The van der Waals surface area contributed by atoms with E-state index in [-0.39, 0.29) is 37.3 Å². The third-order valence-corrected chi connectivity index (χ3v) is 5.16. The van der Waals surface area contributed by atoms with Gasteiger partial charge in [-0.2, -0.15) is 0 Å². The first-order valence-electron chi connectivity index (χ1n) is 9.19. The van der Waals surface area contributed by atoms with E-state index in [1.165, 1.54) is 17.0 Å². The summed E-state index contributed by atoms with van der Waals surface area (Å²) in [4.78, 5) is 52.3. The van der Waals surface area contributed by atoms with Gasteiger partial charge in [0.1, 0.15) is 5.75 Å². The van der Waals surface area contributed by atoms with Gasteiger partial charge < -0.3 is 20.1 Å². The zero-order valence-corrected chi connectivity index (χ0v) is 16.8. The predicted octanol–water partition coefficient (Wildman–Crippen LogP) is 0.280. The molecule has 1 aromatic carbocycles. The average molecular weight is 426 g/mol. The van der Waals surface area contributed by atoms with Crippen molar-refractivity contribution >= 4 is 36.0 Å². The number of ketones is 1. The molecule has 10 heteroatoms. The highest BCUT2D eigenvalue weighted by atomic mass is 35.5. The third kappa shape index (κ3) is 4.20. The molecule has 0 saturated carbocycles. The van der Waals surface area contributed by atoms with E-state index >= 15 is 0 Å². The molecule has 1 atom stereocenters. The van der Waals surface area contributed by atoms with Crippen LogP contribution in [0.5, 0.6) is 5.75 Å². The third-order valence-electron chi connectivity index (χ3n) is 5.16. The molecular weight excluding hydrogens is 402 g/mol. The molecule has 2 saturated heterocycles. The van der Waals surface area contributed by atoms with Crippen LogP contribution < -0.4 is 10.1 Å². The molecule has 158 valence electrons. The zero-order valence-electron chi connectivity index (χ0n) is 16.0. The second-order valence-corrected chi connectivity index (χ2v) is 6.86. The van der Waals surface area contributed by atoms with Crippen molar-refractivity contribution < 1.29 is 29.0 Å². The van der Waals surface area contributed by atoms with Crippen molar-refractivity contribution in [2.45, 2.75) is 31.5 Å². The molecule has 0 aliphatic carbocycles. The van der Waals surface area contributed by atoms with E-state index in [0.717, 1.165) is 37.8 Å². The number of Topliss-reactive ketones (excluding diaryl/α,β-unsaturated/α-hetero) is 1. The Labute approximate surface area is 174 Å². The lowest BCUT2D eigenvalue weighted by Gasteiger charge is -2.44. The predicted molar refractivity (Wildman–Crippen MR) is 105 cm³/mol. The number of hydrogen-bond donors (Lipinski definition) is 2. The normalized spacial score (nSPS) is 19.9. The van der Waals surface area contributed by atoms with Crippen LogP contribution in [0.3, 0.4) is 0 Å². The molecule has 0 spiro atoms. The lowest BCUT2D eigenvalue weighted by molar-refractivity contribution is -0.191. The number of piperazine rings is 1. The zero-order chi connectivity index (χ0) is 20.3. The van der Waals surface area contributed by atoms with Crippen molar-refractivity contribution in [2.75, 3.05) is 26.2 Å². The van der Waals surface area contributed by atoms with E-state index in [0.29, 0.717) is 0 Å². The van der Waals surface area contributed by atoms with Gasteiger partial charge in [-0.3, -0.25) is 19.3 Å². The summed E-state index contributed by atoms with van der Waals surface area (Å²) in [5.74, 6) is -4.26. The van der Waals surface area contributed by atoms with E-state index in [9.17, 15) is 24.3 Å². The molecule has 3 rings (SSSR count). The molecule has 2 amide bonds. The van der Waals surface area contributed by atoms with E-state index < -0.39 is 29.3 Å². The molecular formula is C19H24ClN3O6. The quantitative estimate of drug-likeness (QED) is 0.496. The Morgan fingerprint density at radius 1 is 1.10 bits per heavy atom. The molecule has 2 aliphatic rings. The molecule has 2 N–H and O–H groups in total. The van der Waals surface area contributed by atoms with E-state index in [2.05, 4.69) is 5.32 Å². The van der Waals surface area contributed by atoms with E-state index in [1.54, 1.807) is 18.2 Å². The van der Waals surface area contributed by atoms with Crippen LogP contribution in [0.25, 0.3) is 0 Å². The lowest BCUT2D eigenvalue weighted by Crippen LogP contribution is -2.71. The summed E-state index contributed by atoms with van der Waals surface area (Å²) in [6, 6.07) is 7.83. The van der Waals surface area contributed by atoms with Crippen LogP contribution in [0.15, 0.2) is 30.3 Å². The molecule has 0 bridgehead atoms. The first-order valence-corrected chi connectivity index (χ1v) is 9.19. The van der Waals surface area contributed by atoms with Gasteiger partial charge in [0.15, 0.2) is 0 Å². The molecule has 2 heterocycles. The number of carboxylic acids is 1. The number of benzene rings is 1. The maximum Gasteiger partial charge on any atom is 0.378 e. The second-order valence-electron chi connectivity index (χ2n) is 6.86. The highest BCUT2D eigenvalue weighted by molar-refractivity contribution is 6.36. The number of ether oxygens (including phenoxy) is 1. The number of carbonyl (C=O) groups excluding carboxylic acids is 3. The van der Waals surface area contributed by atoms with Crippen molar-refractivity contribution in [3.8, 4) is 5.75 Å². The van der Waals surface area contributed by atoms with Crippen LogP contribution in [0, 0.1) is 0 Å². The average Bonchev–Trinajstić information content (AvgIpc) is 2.69. The van der Waals surface area contributed by atoms with Gasteiger partial charge in [0.05, 0.1) is 0 Å². The first kappa shape index (κ1) is 22.6. The number of nitrogens with one attached hydrogen (secondary N) is 1. The fourth-order valence-corrected chi connectivity index (χ4v) is 3.70. The minimum Gasteiger partial charge on any atom is -0.476 e. The number of para-hydroxylation sites is 1. The molecule has 9 nitrogen and oxygen atoms in total. The Morgan fingerprint density at radius 2 is 1.72 bits per heavy atom. The Bertz CT molecular complexity index is 767. The van der Waals surface area contributed by atoms with Crippen LogP contribution in [-0.2, 0) is 19.2 Å². The summed E-state index contributed by atoms with van der Waals surface area (Å²) in [7, 11) is 0. The smallest absolute Gasteiger partial charge is 0.378 e. The van der Waals surface area contributed by atoms with Crippen LogP contribution in [-0.4, -0.2) is 76.4 Å². The molecule has 0 radical (unpaired) electrons. The number of amides is 2. The number of piperidine rings is 1. The van der Waals surface area contributed by atoms with Gasteiger partial charge in [-0.15, -0.1) is 12.4 Å². The highest BCUT2D eigenvalue weighted by Gasteiger charge is 2.57. The fourth-order valence-electron chi connectivity index (χ4n) is 3.70. The van der Waals surface area contributed by atoms with Gasteiger partial charge in [0.2, 0.25) is 5.78 Å². The van der Waals surface area contributed by atoms with E-state index in [4.69, 9.17) is 4.74 Å². The number of rotatable bonds is 6. The van der Waals surface area contributed by atoms with Gasteiger partial charge in [-0.25, -0.2) is 4.79 Å². The standard InChI is InChI=1S/C19H23N3O6.ClH/c1-13(23)19(18(26)27,28-15-5-3-2-4-6-15)22-12-11-21(16(24)17(22)25)14-7-9-20-10-8-14;/h2-6,14,20H,7-12H2,1H3,(H,26,27);1H. The maximum absolute atomic E-state index is 12.8. The molecule has 2 aliphatic heterocycles. The highest BCUT2D eigenvalue weighted by Crippen LogP contribution is 2.27. The van der Waals surface area contributed by atoms with Gasteiger partial charge in [-0.1, -0.05) is 18.2 Å². The van der Waals surface area contributed by atoms with Gasteiger partial charge in [0.25, 0.3) is 0 Å². The van der Waals surface area contributed by atoms with Crippen molar-refractivity contribution in [3.05, 3.63) is 30.3 Å². The Balaban J connectivity index is 0.00000300. The number of carbonyl (C=O) groups is 4. The van der Waals surface area contributed by atoms with E-state index in [1.807, 2.05) is 0 Å². The van der Waals surface area contributed by atoms with Gasteiger partial charge in [-0.05, 0) is 38.1 Å². The summed E-state index contributed by atoms with van der Waals surface area (Å²) >= 11 is 0. The molecule has 1 aromatic rings. The van der Waals surface area contributed by atoms with Crippen LogP contribution >= 0.6 is 12.4 Å². The monoisotopic (exact) mass is 425 g/mol. The van der Waals surface area contributed by atoms with Crippen molar-refractivity contribution in [3.63, 3.8) is 0 Å². The van der Waals surface area contributed by atoms with Crippen LogP contribution in [0.2, 0.25) is 0 Å². The molecule has 29 heavy (non-hydrogen) atoms. The van der Waals surface area contributed by atoms with Crippen molar-refractivity contribution in [2.24, 2.45) is 0 Å². The Hall–Kier alpha value is -2.65. The largest absolute Gasteiger partial charge is 0.476 e. The number of carboxylic acid groups (broad SMARTS) is 1. The first-order chi connectivity index (χ1) is 13.4. The SMILES string of the molecule is CC(=O)C(Oc1ccccc1)(C(=O)O)N1CCN(C2CCNCC2)C(=O)C1=O.Cl. The number of hydrogen-bond acceptors (Lipinski definition) is 6. The summed E-state index contributed by atoms with van der Waals surface area (Å²) in [5.41, 5.74) is -2.59. The van der Waals surface area contributed by atoms with Gasteiger partial charge >= 0.3 is 23.5 Å². The summed E-state index contributed by atoms with van der Waals surface area (Å²) in [6.45, 7) is 2.57. The van der Waals surface area contributed by atoms with Crippen molar-refractivity contribution in [1.29, 1.82) is 0 Å². The number of aliphatic carboxylic acids is 1. The topological polar surface area (TPSA) is 116 Å². The van der Waals surface area contributed by atoms with Crippen LogP contribution in [0.4, 0.5) is 0 Å². The summed E-state index contributed by atoms with van der Waals surface area (Å²) in [5, 5.41) is 13.0. The molecule has 0 aromatic heterocycles. The molecule has 2 fully saturated rings. The number of halogens is 1. The molecule has 1 unspecified atom stereocenters. The summed E-state index contributed by atoms with van der Waals surface area (Å²) < 4.78 is 5.54. The minimum absolute atomic E-state index is 0. The minimum atomic E-state index is -2.59.